The predicted octanol–water partition coefficient (Wildman–Crippen LogP) is 1.67. The van der Waals surface area contributed by atoms with Crippen LogP contribution in [0, 0.1) is 0 Å². The van der Waals surface area contributed by atoms with Gasteiger partial charge in [0.05, 0.1) is 7.11 Å². The Labute approximate surface area is 126 Å². The van der Waals surface area contributed by atoms with Gasteiger partial charge in [-0.3, -0.25) is 9.69 Å². The summed E-state index contributed by atoms with van der Waals surface area (Å²) in [4.78, 5) is 14.1. The molecule has 1 unspecified atom stereocenters. The minimum atomic E-state index is -0.0955. The van der Waals surface area contributed by atoms with E-state index >= 15 is 0 Å². The number of nitrogens with zero attached hydrogens (tertiary/aromatic N) is 1. The smallest absolute Gasteiger partial charge is 0.257 e. The number of carbonyl (C=O) groups excluding carboxylic acids is 1. The molecule has 1 amide bonds. The van der Waals surface area contributed by atoms with Crippen molar-refractivity contribution >= 4 is 5.91 Å². The molecule has 0 spiro atoms. The lowest BCUT2D eigenvalue weighted by Crippen LogP contribution is -2.42. The number of hydrogen-bond acceptors (Lipinski definition) is 4. The van der Waals surface area contributed by atoms with E-state index in [9.17, 15) is 4.79 Å². The second kappa shape index (κ2) is 7.31. The molecule has 0 bridgehead atoms. The summed E-state index contributed by atoms with van der Waals surface area (Å²) in [6, 6.07) is 8.24. The normalized spacial score (nSPS) is 15.6. The van der Waals surface area contributed by atoms with Crippen molar-refractivity contribution in [2.75, 3.05) is 27.3 Å². The van der Waals surface area contributed by atoms with E-state index in [0.717, 1.165) is 5.75 Å². The number of carbonyl (C=O) groups is 1. The van der Waals surface area contributed by atoms with Crippen LogP contribution in [0.1, 0.15) is 19.8 Å². The lowest BCUT2D eigenvalue weighted by atomic mass is 10.3. The van der Waals surface area contributed by atoms with Gasteiger partial charge in [0.1, 0.15) is 11.5 Å². The Kier molecular flexibility index (Phi) is 5.44. The summed E-state index contributed by atoms with van der Waals surface area (Å²) in [5, 5.41) is 2.91. The Hall–Kier alpha value is -1.75. The zero-order valence-corrected chi connectivity index (χ0v) is 13.0. The van der Waals surface area contributed by atoms with Gasteiger partial charge in [-0.1, -0.05) is 0 Å². The van der Waals surface area contributed by atoms with Crippen molar-refractivity contribution in [2.45, 2.75) is 31.8 Å². The van der Waals surface area contributed by atoms with Crippen molar-refractivity contribution in [1.82, 2.24) is 10.2 Å². The summed E-state index contributed by atoms with van der Waals surface area (Å²) in [7, 11) is 3.73. The second-order valence-corrected chi connectivity index (χ2v) is 5.51. The molecular formula is C16H24N2O3. The highest BCUT2D eigenvalue weighted by molar-refractivity contribution is 5.77. The van der Waals surface area contributed by atoms with Gasteiger partial charge in [0, 0.05) is 18.6 Å². The maximum atomic E-state index is 11.8. The molecule has 1 aliphatic carbocycles. The minimum Gasteiger partial charge on any atom is -0.497 e. The fraction of sp³-hybridized carbons (Fsp3) is 0.562. The van der Waals surface area contributed by atoms with Crippen molar-refractivity contribution in [3.63, 3.8) is 0 Å². The van der Waals surface area contributed by atoms with Crippen LogP contribution in [-0.2, 0) is 4.79 Å². The average Bonchev–Trinajstić information content (AvgIpc) is 3.35. The predicted molar refractivity (Wildman–Crippen MR) is 81.7 cm³/mol. The molecule has 1 atom stereocenters. The Morgan fingerprint density at radius 1 is 1.33 bits per heavy atom. The Morgan fingerprint density at radius 3 is 2.52 bits per heavy atom. The minimum absolute atomic E-state index is 0.0339. The van der Waals surface area contributed by atoms with Crippen molar-refractivity contribution in [3.8, 4) is 11.5 Å². The summed E-state index contributed by atoms with van der Waals surface area (Å²) < 4.78 is 10.5. The van der Waals surface area contributed by atoms with E-state index in [0.29, 0.717) is 24.4 Å². The van der Waals surface area contributed by atoms with Gasteiger partial charge in [-0.05, 0) is 51.1 Å². The van der Waals surface area contributed by atoms with Crippen LogP contribution < -0.4 is 14.8 Å². The van der Waals surface area contributed by atoms with Gasteiger partial charge in [-0.2, -0.15) is 0 Å². The summed E-state index contributed by atoms with van der Waals surface area (Å²) >= 11 is 0. The van der Waals surface area contributed by atoms with Crippen LogP contribution in [0.4, 0.5) is 0 Å². The first-order chi connectivity index (χ1) is 10.1. The van der Waals surface area contributed by atoms with E-state index in [-0.39, 0.29) is 12.5 Å². The highest BCUT2D eigenvalue weighted by Crippen LogP contribution is 2.26. The van der Waals surface area contributed by atoms with Gasteiger partial charge >= 0.3 is 0 Å². The molecule has 1 aromatic rings. The molecule has 2 rings (SSSR count). The van der Waals surface area contributed by atoms with Gasteiger partial charge < -0.3 is 14.8 Å². The van der Waals surface area contributed by atoms with Crippen LogP contribution in [0.15, 0.2) is 24.3 Å². The quantitative estimate of drug-likeness (QED) is 0.792. The monoisotopic (exact) mass is 292 g/mol. The van der Waals surface area contributed by atoms with Gasteiger partial charge in [0.15, 0.2) is 6.61 Å². The third-order valence-corrected chi connectivity index (χ3v) is 3.84. The standard InChI is InChI=1S/C16H24N2O3/c1-12(18(2)13-4-5-13)10-17-16(19)11-21-15-8-6-14(20-3)7-9-15/h6-9,12-13H,4-5,10-11H2,1-3H3,(H,17,19). The highest BCUT2D eigenvalue weighted by atomic mass is 16.5. The molecule has 5 nitrogen and oxygen atoms in total. The second-order valence-electron chi connectivity index (χ2n) is 5.51. The lowest BCUT2D eigenvalue weighted by Gasteiger charge is -2.24. The van der Waals surface area contributed by atoms with E-state index in [1.54, 1.807) is 31.4 Å². The molecule has 21 heavy (non-hydrogen) atoms. The van der Waals surface area contributed by atoms with Gasteiger partial charge in [0.2, 0.25) is 0 Å². The number of hydrogen-bond donors (Lipinski definition) is 1. The number of rotatable bonds is 8. The van der Waals surface area contributed by atoms with Gasteiger partial charge in [0.25, 0.3) is 5.91 Å². The molecule has 1 fully saturated rings. The van der Waals surface area contributed by atoms with Crippen molar-refractivity contribution in [1.29, 1.82) is 0 Å². The Morgan fingerprint density at radius 2 is 1.95 bits per heavy atom. The molecule has 5 heteroatoms. The summed E-state index contributed by atoms with van der Waals surface area (Å²) in [6.07, 6.45) is 2.55. The van der Waals surface area contributed by atoms with E-state index in [4.69, 9.17) is 9.47 Å². The van der Waals surface area contributed by atoms with Crippen LogP contribution >= 0.6 is 0 Å². The molecular weight excluding hydrogens is 268 g/mol. The average molecular weight is 292 g/mol. The van der Waals surface area contributed by atoms with E-state index in [1.807, 2.05) is 0 Å². The number of likely N-dealkylation sites (N-methyl/N-ethyl adjacent to an activating group) is 1. The van der Waals surface area contributed by atoms with Gasteiger partial charge in [-0.25, -0.2) is 0 Å². The van der Waals surface area contributed by atoms with Gasteiger partial charge in [-0.15, -0.1) is 0 Å². The number of nitrogens with one attached hydrogen (secondary N) is 1. The first-order valence-electron chi connectivity index (χ1n) is 7.35. The van der Waals surface area contributed by atoms with E-state index in [2.05, 4.69) is 24.2 Å². The fourth-order valence-electron chi connectivity index (χ4n) is 2.12. The number of amides is 1. The third kappa shape index (κ3) is 4.93. The van der Waals surface area contributed by atoms with E-state index < -0.39 is 0 Å². The molecule has 0 radical (unpaired) electrons. The summed E-state index contributed by atoms with van der Waals surface area (Å²) in [5.41, 5.74) is 0. The molecule has 116 valence electrons. The maximum Gasteiger partial charge on any atom is 0.257 e. The van der Waals surface area contributed by atoms with Crippen LogP contribution in [0.5, 0.6) is 11.5 Å². The van der Waals surface area contributed by atoms with Crippen LogP contribution in [0.25, 0.3) is 0 Å². The number of ether oxygens (including phenoxy) is 2. The Balaban J connectivity index is 1.66. The summed E-state index contributed by atoms with van der Waals surface area (Å²) in [5.74, 6) is 1.33. The maximum absolute atomic E-state index is 11.8. The summed E-state index contributed by atoms with van der Waals surface area (Å²) in [6.45, 7) is 2.81. The number of benzene rings is 1. The van der Waals surface area contributed by atoms with Crippen molar-refractivity contribution < 1.29 is 14.3 Å². The van der Waals surface area contributed by atoms with Crippen LogP contribution in [0.2, 0.25) is 0 Å². The molecule has 0 aliphatic heterocycles. The molecule has 0 aromatic heterocycles. The molecule has 0 heterocycles. The largest absolute Gasteiger partial charge is 0.497 e. The fourth-order valence-corrected chi connectivity index (χ4v) is 2.12. The topological polar surface area (TPSA) is 50.8 Å². The first kappa shape index (κ1) is 15.6. The van der Waals surface area contributed by atoms with Crippen LogP contribution in [-0.4, -0.2) is 50.2 Å². The Bertz CT molecular complexity index is 457. The third-order valence-electron chi connectivity index (χ3n) is 3.84. The number of methoxy groups -OCH3 is 1. The van der Waals surface area contributed by atoms with Crippen molar-refractivity contribution in [2.24, 2.45) is 0 Å². The molecule has 1 saturated carbocycles. The SMILES string of the molecule is COc1ccc(OCC(=O)NCC(C)N(C)C2CC2)cc1. The lowest BCUT2D eigenvalue weighted by molar-refractivity contribution is -0.123. The zero-order valence-electron chi connectivity index (χ0n) is 13.0. The van der Waals surface area contributed by atoms with E-state index in [1.165, 1.54) is 12.8 Å². The molecule has 1 aliphatic rings. The first-order valence-corrected chi connectivity index (χ1v) is 7.35. The highest BCUT2D eigenvalue weighted by Gasteiger charge is 2.29. The van der Waals surface area contributed by atoms with Crippen molar-refractivity contribution in [3.05, 3.63) is 24.3 Å². The molecule has 0 saturated heterocycles. The molecule has 1 aromatic carbocycles. The zero-order chi connectivity index (χ0) is 15.2. The van der Waals surface area contributed by atoms with Crippen LogP contribution in [0.3, 0.4) is 0 Å². The molecule has 1 N–H and O–H groups in total.